The number of carbonyl (C=O) groups is 5. The normalized spacial score (nSPS) is 21.4. The van der Waals surface area contributed by atoms with Crippen LogP contribution < -0.4 is 26.6 Å². The number of amides is 6. The molecule has 5 N–H and O–H groups in total. The predicted octanol–water partition coefficient (Wildman–Crippen LogP) is 6.92. The van der Waals surface area contributed by atoms with E-state index in [0.29, 0.717) is 24.3 Å². The fourth-order valence-electron chi connectivity index (χ4n) is 8.93. The quantitative estimate of drug-likeness (QED) is 0.0508. The molecule has 64 heavy (non-hydrogen) atoms. The first-order valence-corrected chi connectivity index (χ1v) is 23.7. The van der Waals surface area contributed by atoms with Crippen LogP contribution >= 0.6 is 0 Å². The van der Waals surface area contributed by atoms with Crippen LogP contribution in [0.2, 0.25) is 0 Å². The van der Waals surface area contributed by atoms with Gasteiger partial charge in [-0.2, -0.15) is 0 Å². The third kappa shape index (κ3) is 12.6. The number of rotatable bonds is 23. The Morgan fingerprint density at radius 3 is 1.75 bits per heavy atom. The molecule has 13 nitrogen and oxygen atoms in total. The van der Waals surface area contributed by atoms with Gasteiger partial charge in [0.1, 0.15) is 6.04 Å². The Kier molecular flexibility index (Phi) is 16.2. The highest BCUT2D eigenvalue weighted by Gasteiger charge is 2.49. The largest absolute Gasteiger partial charge is 0.354 e. The Labute approximate surface area is 377 Å². The van der Waals surface area contributed by atoms with Crippen molar-refractivity contribution in [1.82, 2.24) is 41.0 Å². The van der Waals surface area contributed by atoms with Gasteiger partial charge >= 0.3 is 6.03 Å². The van der Waals surface area contributed by atoms with Crippen LogP contribution in [0.25, 0.3) is 11.3 Å². The predicted molar refractivity (Wildman–Crippen MR) is 248 cm³/mol. The van der Waals surface area contributed by atoms with Gasteiger partial charge in [-0.3, -0.25) is 19.2 Å². The molecule has 3 aromatic carbocycles. The summed E-state index contributed by atoms with van der Waals surface area (Å²) in [6, 6.07) is 26.2. The number of likely N-dealkylation sites (tertiary alicyclic amines) is 1. The number of nitrogens with one attached hydrogen (secondary N) is 5. The lowest BCUT2D eigenvalue weighted by Gasteiger charge is -2.19. The smallest absolute Gasteiger partial charge is 0.315 e. The van der Waals surface area contributed by atoms with Crippen LogP contribution in [-0.4, -0.2) is 88.4 Å². The van der Waals surface area contributed by atoms with E-state index in [1.54, 1.807) is 27.9 Å². The summed E-state index contributed by atoms with van der Waals surface area (Å²) >= 11 is 0. The Morgan fingerprint density at radius 1 is 0.656 bits per heavy atom. The number of benzene rings is 3. The Hall–Kier alpha value is -5.98. The minimum absolute atomic E-state index is 0.000645. The van der Waals surface area contributed by atoms with Gasteiger partial charge in [-0.1, -0.05) is 132 Å². The highest BCUT2D eigenvalue weighted by Crippen LogP contribution is 2.42. The number of hydrogen-bond acceptors (Lipinski definition) is 6. The molecule has 1 saturated heterocycles. The lowest BCUT2D eigenvalue weighted by molar-refractivity contribution is -0.133. The molecule has 0 bridgehead atoms. The second-order valence-electron chi connectivity index (χ2n) is 17.9. The van der Waals surface area contributed by atoms with E-state index >= 15 is 0 Å². The van der Waals surface area contributed by atoms with E-state index in [-0.39, 0.29) is 73.2 Å². The summed E-state index contributed by atoms with van der Waals surface area (Å²) in [5, 5.41) is 15.2. The summed E-state index contributed by atoms with van der Waals surface area (Å²) in [7, 11) is 0. The van der Waals surface area contributed by atoms with Gasteiger partial charge in [0, 0.05) is 67.4 Å². The maximum absolute atomic E-state index is 14.1. The molecule has 4 aromatic rings. The van der Waals surface area contributed by atoms with Crippen molar-refractivity contribution >= 4 is 29.7 Å². The van der Waals surface area contributed by atoms with Crippen molar-refractivity contribution in [3.8, 4) is 11.3 Å². The van der Waals surface area contributed by atoms with E-state index in [2.05, 4.69) is 69.7 Å². The molecule has 6 amide bonds. The number of aromatic nitrogens is 2. The highest BCUT2D eigenvalue weighted by atomic mass is 16.2. The summed E-state index contributed by atoms with van der Waals surface area (Å²) < 4.78 is 1.79. The van der Waals surface area contributed by atoms with E-state index < -0.39 is 17.9 Å². The van der Waals surface area contributed by atoms with Crippen molar-refractivity contribution in [2.24, 2.45) is 11.8 Å². The number of urea groups is 1. The van der Waals surface area contributed by atoms with Crippen molar-refractivity contribution in [2.45, 2.75) is 121 Å². The first-order chi connectivity index (χ1) is 31.2. The van der Waals surface area contributed by atoms with Gasteiger partial charge in [-0.15, -0.1) is 0 Å². The lowest BCUT2D eigenvalue weighted by atomic mass is 9.94. The van der Waals surface area contributed by atoms with E-state index in [1.807, 2.05) is 54.7 Å². The topological polar surface area (TPSA) is 167 Å². The summed E-state index contributed by atoms with van der Waals surface area (Å²) in [6.07, 6.45) is 14.7. The molecule has 1 aromatic heterocycles. The van der Waals surface area contributed by atoms with E-state index in [4.69, 9.17) is 0 Å². The molecule has 3 aliphatic rings. The molecule has 2 aliphatic carbocycles. The molecule has 2 heterocycles. The van der Waals surface area contributed by atoms with Gasteiger partial charge in [0.05, 0.1) is 30.4 Å². The Morgan fingerprint density at radius 2 is 1.19 bits per heavy atom. The van der Waals surface area contributed by atoms with Crippen LogP contribution in [0.3, 0.4) is 0 Å². The zero-order valence-electron chi connectivity index (χ0n) is 37.5. The maximum atomic E-state index is 14.1. The molecule has 0 unspecified atom stereocenters. The standard InChI is InChI=1S/C51H66N8O5/c1-3-5-7-9-17-27-53-51(64)57-46(49(62)52-26-16-8-6-4-2)33-58-32-45(54-34-58)37-22-24-38(25-23-37)50(63)59-30-41(47(60)55-43-28-39(43)35-18-12-10-13-19-35)42(31-59)48(61)56-44-29-40(44)36-20-14-11-15-21-36/h10-15,18-25,32,34,39-44,46H,3-9,16-17,26-31,33H2,1-2H3,(H,52,62)(H,55,60)(H,56,61)(H2,53,57,64)/t39-,40-,41-,42-,43+,44+,46-/m1/s1. The first kappa shape index (κ1) is 46.0. The Bertz CT molecular complexity index is 2090. The number of imidazole rings is 1. The van der Waals surface area contributed by atoms with Crippen molar-refractivity contribution in [3.63, 3.8) is 0 Å². The van der Waals surface area contributed by atoms with Crippen LogP contribution in [0, 0.1) is 11.8 Å². The second kappa shape index (κ2) is 22.6. The summed E-state index contributed by atoms with van der Waals surface area (Å²) in [5.41, 5.74) is 4.22. The van der Waals surface area contributed by atoms with Crippen molar-refractivity contribution in [3.05, 3.63) is 114 Å². The zero-order valence-corrected chi connectivity index (χ0v) is 37.5. The SMILES string of the molecule is CCCCCCCNC(=O)N[C@H](Cn1cnc(-c2ccc(C(=O)N3C[C@@H](C(=O)N[C@H]4C[C@@H]4c4ccccc4)[C@H](C(=O)N[C@H]4C[C@@H]4c4ccccc4)C3)cc2)c1)C(=O)NCCCCCC. The molecular weight excluding hydrogens is 805 g/mol. The highest BCUT2D eigenvalue weighted by molar-refractivity contribution is 5.97. The summed E-state index contributed by atoms with van der Waals surface area (Å²) in [5.74, 6) is -1.77. The zero-order chi connectivity index (χ0) is 44.8. The van der Waals surface area contributed by atoms with Gasteiger partial charge in [0.25, 0.3) is 5.91 Å². The fourth-order valence-corrected chi connectivity index (χ4v) is 8.93. The molecule has 7 atom stereocenters. The van der Waals surface area contributed by atoms with Crippen LogP contribution in [0.15, 0.2) is 97.5 Å². The maximum Gasteiger partial charge on any atom is 0.315 e. The molecule has 3 fully saturated rings. The number of carbonyl (C=O) groups excluding carboxylic acids is 5. The van der Waals surface area contributed by atoms with Crippen LogP contribution in [0.4, 0.5) is 4.79 Å². The van der Waals surface area contributed by atoms with Gasteiger partial charge in [-0.25, -0.2) is 9.78 Å². The van der Waals surface area contributed by atoms with Crippen molar-refractivity contribution in [1.29, 1.82) is 0 Å². The van der Waals surface area contributed by atoms with Crippen LogP contribution in [-0.2, 0) is 20.9 Å². The Balaban J connectivity index is 0.974. The summed E-state index contributed by atoms with van der Waals surface area (Å²) in [4.78, 5) is 74.3. The molecule has 2 saturated carbocycles. The average Bonchev–Trinajstić information content (AvgIpc) is 4.15. The minimum Gasteiger partial charge on any atom is -0.354 e. The van der Waals surface area contributed by atoms with E-state index in [1.165, 1.54) is 17.5 Å². The average molecular weight is 871 g/mol. The monoisotopic (exact) mass is 871 g/mol. The van der Waals surface area contributed by atoms with Crippen molar-refractivity contribution < 1.29 is 24.0 Å². The number of unbranched alkanes of at least 4 members (excludes halogenated alkanes) is 7. The second-order valence-corrected chi connectivity index (χ2v) is 17.9. The van der Waals surface area contributed by atoms with Gasteiger partial charge in [-0.05, 0) is 48.9 Å². The van der Waals surface area contributed by atoms with Gasteiger partial charge < -0.3 is 36.1 Å². The number of hydrogen-bond donors (Lipinski definition) is 5. The number of nitrogens with zero attached hydrogens (tertiary/aromatic N) is 3. The van der Waals surface area contributed by atoms with Crippen molar-refractivity contribution in [2.75, 3.05) is 26.2 Å². The van der Waals surface area contributed by atoms with Gasteiger partial charge in [0.15, 0.2) is 0 Å². The van der Waals surface area contributed by atoms with Crippen LogP contribution in [0.5, 0.6) is 0 Å². The molecular formula is C51H66N8O5. The summed E-state index contributed by atoms with van der Waals surface area (Å²) in [6.45, 7) is 5.87. The van der Waals surface area contributed by atoms with E-state index in [0.717, 1.165) is 69.8 Å². The minimum atomic E-state index is -0.810. The molecule has 0 spiro atoms. The molecule has 13 heteroatoms. The van der Waals surface area contributed by atoms with Crippen LogP contribution in [0.1, 0.15) is 118 Å². The third-order valence-electron chi connectivity index (χ3n) is 12.9. The fraction of sp³-hybridized carbons (Fsp3) is 0.490. The van der Waals surface area contributed by atoms with E-state index in [9.17, 15) is 24.0 Å². The lowest BCUT2D eigenvalue weighted by Crippen LogP contribution is -2.52. The molecule has 1 aliphatic heterocycles. The molecule has 7 rings (SSSR count). The molecule has 340 valence electrons. The molecule has 0 radical (unpaired) electrons. The van der Waals surface area contributed by atoms with Gasteiger partial charge in [0.2, 0.25) is 17.7 Å². The third-order valence-corrected chi connectivity index (χ3v) is 12.9. The first-order valence-electron chi connectivity index (χ1n) is 23.7.